The number of aromatic nitrogens is 2. The number of rotatable bonds is 4. The summed E-state index contributed by atoms with van der Waals surface area (Å²) in [6.45, 7) is 4.14. The van der Waals surface area contributed by atoms with Crippen LogP contribution in [-0.4, -0.2) is 41.4 Å². The zero-order valence-corrected chi connectivity index (χ0v) is 12.1. The second kappa shape index (κ2) is 6.23. The molecule has 8 heteroatoms. The van der Waals surface area contributed by atoms with Gasteiger partial charge in [-0.15, -0.1) is 0 Å². The van der Waals surface area contributed by atoms with E-state index in [4.69, 9.17) is 17.3 Å². The molecular formula is C12H18ClN5O2. The van der Waals surface area contributed by atoms with Crippen LogP contribution in [0.1, 0.15) is 13.3 Å². The number of nitrogens with one attached hydrogen (secondary N) is 1. The lowest BCUT2D eigenvalue weighted by atomic mass is 10.1. The molecule has 110 valence electrons. The van der Waals surface area contributed by atoms with E-state index in [1.54, 1.807) is 4.90 Å². The Balaban J connectivity index is 2.39. The molecule has 0 saturated carbocycles. The lowest BCUT2D eigenvalue weighted by Gasteiger charge is -2.36. The highest BCUT2D eigenvalue weighted by Crippen LogP contribution is 2.23. The highest BCUT2D eigenvalue weighted by molar-refractivity contribution is 6.33. The number of piperazine rings is 1. The summed E-state index contributed by atoms with van der Waals surface area (Å²) in [6.07, 6.45) is 2.32. The van der Waals surface area contributed by atoms with E-state index in [1.165, 1.54) is 10.9 Å². The molecule has 1 aromatic rings. The van der Waals surface area contributed by atoms with Gasteiger partial charge >= 0.3 is 0 Å². The van der Waals surface area contributed by atoms with E-state index in [9.17, 15) is 9.59 Å². The van der Waals surface area contributed by atoms with Crippen molar-refractivity contribution in [1.29, 1.82) is 0 Å². The van der Waals surface area contributed by atoms with Crippen molar-refractivity contribution in [3.05, 3.63) is 21.6 Å². The first-order valence-electron chi connectivity index (χ1n) is 6.58. The van der Waals surface area contributed by atoms with E-state index in [0.717, 1.165) is 6.42 Å². The summed E-state index contributed by atoms with van der Waals surface area (Å²) in [7, 11) is 0. The number of halogens is 1. The van der Waals surface area contributed by atoms with Gasteiger partial charge in [0.05, 0.1) is 11.9 Å². The molecule has 1 fully saturated rings. The molecule has 1 amide bonds. The topological polar surface area (TPSA) is 93.2 Å². The van der Waals surface area contributed by atoms with Gasteiger partial charge in [-0.2, -0.15) is 5.10 Å². The Morgan fingerprint density at radius 1 is 1.65 bits per heavy atom. The Hall–Kier alpha value is -1.60. The molecule has 0 radical (unpaired) electrons. The largest absolute Gasteiger partial charge is 0.368 e. The van der Waals surface area contributed by atoms with Crippen LogP contribution in [-0.2, 0) is 11.3 Å². The Bertz CT molecular complexity index is 559. The van der Waals surface area contributed by atoms with Crippen LogP contribution in [0.4, 0.5) is 5.69 Å². The molecule has 1 aromatic heterocycles. The maximum absolute atomic E-state index is 12.1. The van der Waals surface area contributed by atoms with Crippen molar-refractivity contribution >= 4 is 23.2 Å². The minimum atomic E-state index is -0.524. The monoisotopic (exact) mass is 299 g/mol. The molecule has 7 nitrogen and oxygen atoms in total. The van der Waals surface area contributed by atoms with Crippen LogP contribution in [0.5, 0.6) is 0 Å². The first-order chi connectivity index (χ1) is 9.56. The SMILES string of the molecule is CCCn1ncc(N2CCNCC2C(N)=O)c(Cl)c1=O. The second-order valence-electron chi connectivity index (χ2n) is 4.69. The molecule has 20 heavy (non-hydrogen) atoms. The minimum absolute atomic E-state index is 0.0848. The van der Waals surface area contributed by atoms with Crippen LogP contribution in [0.15, 0.2) is 11.0 Å². The lowest BCUT2D eigenvalue weighted by Crippen LogP contribution is -2.57. The summed E-state index contributed by atoms with van der Waals surface area (Å²) in [4.78, 5) is 25.3. The molecule has 0 aliphatic carbocycles. The van der Waals surface area contributed by atoms with Crippen LogP contribution in [0.3, 0.4) is 0 Å². The van der Waals surface area contributed by atoms with Crippen molar-refractivity contribution < 1.29 is 4.79 Å². The number of primary amides is 1. The van der Waals surface area contributed by atoms with Gasteiger partial charge in [-0.05, 0) is 6.42 Å². The van der Waals surface area contributed by atoms with Crippen LogP contribution < -0.4 is 21.5 Å². The molecule has 2 heterocycles. The van der Waals surface area contributed by atoms with Crippen LogP contribution >= 0.6 is 11.6 Å². The van der Waals surface area contributed by atoms with Gasteiger partial charge in [-0.1, -0.05) is 18.5 Å². The quantitative estimate of drug-likeness (QED) is 0.787. The first-order valence-corrected chi connectivity index (χ1v) is 6.96. The van der Waals surface area contributed by atoms with Crippen molar-refractivity contribution in [2.75, 3.05) is 24.5 Å². The molecule has 1 aliphatic heterocycles. The standard InChI is InChI=1S/C12H18ClN5O2/c1-2-4-18-12(20)10(13)8(7-16-18)17-5-3-15-6-9(17)11(14)19/h7,9,15H,2-6H2,1H3,(H2,14,19). The summed E-state index contributed by atoms with van der Waals surface area (Å²) in [5.41, 5.74) is 5.52. The molecule has 0 spiro atoms. The number of carbonyl (C=O) groups excluding carboxylic acids is 1. The number of hydrogen-bond acceptors (Lipinski definition) is 5. The second-order valence-corrected chi connectivity index (χ2v) is 5.07. The number of nitrogens with two attached hydrogens (primary N) is 1. The maximum atomic E-state index is 12.1. The van der Waals surface area contributed by atoms with E-state index in [-0.39, 0.29) is 10.6 Å². The molecular weight excluding hydrogens is 282 g/mol. The fourth-order valence-corrected chi connectivity index (χ4v) is 2.53. The van der Waals surface area contributed by atoms with Crippen molar-refractivity contribution in [3.63, 3.8) is 0 Å². The van der Waals surface area contributed by atoms with Crippen LogP contribution in [0.25, 0.3) is 0 Å². The fourth-order valence-electron chi connectivity index (χ4n) is 2.27. The van der Waals surface area contributed by atoms with E-state index in [2.05, 4.69) is 10.4 Å². The molecule has 0 aromatic carbocycles. The summed E-state index contributed by atoms with van der Waals surface area (Å²) in [5.74, 6) is -0.453. The third kappa shape index (κ3) is 2.78. The summed E-state index contributed by atoms with van der Waals surface area (Å²) in [6, 6.07) is -0.524. The Labute approximate surface area is 121 Å². The van der Waals surface area contributed by atoms with E-state index < -0.39 is 11.9 Å². The number of carbonyl (C=O) groups is 1. The van der Waals surface area contributed by atoms with Crippen molar-refractivity contribution in [1.82, 2.24) is 15.1 Å². The van der Waals surface area contributed by atoms with Gasteiger partial charge < -0.3 is 16.0 Å². The number of amides is 1. The van der Waals surface area contributed by atoms with E-state index >= 15 is 0 Å². The zero-order valence-electron chi connectivity index (χ0n) is 11.3. The lowest BCUT2D eigenvalue weighted by molar-refractivity contribution is -0.119. The average Bonchev–Trinajstić information content (AvgIpc) is 2.44. The summed E-state index contributed by atoms with van der Waals surface area (Å²) < 4.78 is 1.33. The predicted molar refractivity (Wildman–Crippen MR) is 77.0 cm³/mol. The van der Waals surface area contributed by atoms with Gasteiger partial charge in [0.15, 0.2) is 0 Å². The molecule has 1 unspecified atom stereocenters. The van der Waals surface area contributed by atoms with Crippen LogP contribution in [0.2, 0.25) is 5.02 Å². The molecule has 1 atom stereocenters. The van der Waals surface area contributed by atoms with Gasteiger partial charge in [-0.3, -0.25) is 9.59 Å². The normalized spacial score (nSPS) is 19.1. The summed E-state index contributed by atoms with van der Waals surface area (Å²) >= 11 is 6.15. The highest BCUT2D eigenvalue weighted by Gasteiger charge is 2.29. The molecule has 3 N–H and O–H groups in total. The van der Waals surface area contributed by atoms with E-state index in [0.29, 0.717) is 31.9 Å². The Morgan fingerprint density at radius 3 is 3.05 bits per heavy atom. The van der Waals surface area contributed by atoms with Crippen LogP contribution in [0, 0.1) is 0 Å². The number of nitrogens with zero attached hydrogens (tertiary/aromatic N) is 3. The molecule has 1 saturated heterocycles. The van der Waals surface area contributed by atoms with Gasteiger partial charge in [0.2, 0.25) is 5.91 Å². The van der Waals surface area contributed by atoms with Crippen molar-refractivity contribution in [3.8, 4) is 0 Å². The van der Waals surface area contributed by atoms with Crippen molar-refractivity contribution in [2.24, 2.45) is 5.73 Å². The number of aryl methyl sites for hydroxylation is 1. The minimum Gasteiger partial charge on any atom is -0.368 e. The van der Waals surface area contributed by atoms with Gasteiger partial charge in [0.1, 0.15) is 11.1 Å². The molecule has 0 bridgehead atoms. The van der Waals surface area contributed by atoms with E-state index in [1.807, 2.05) is 6.92 Å². The number of hydrogen-bond donors (Lipinski definition) is 2. The molecule has 2 rings (SSSR count). The van der Waals surface area contributed by atoms with Gasteiger partial charge in [-0.25, -0.2) is 4.68 Å². The first kappa shape index (κ1) is 14.8. The Morgan fingerprint density at radius 2 is 2.40 bits per heavy atom. The van der Waals surface area contributed by atoms with Gasteiger partial charge in [0, 0.05) is 26.2 Å². The van der Waals surface area contributed by atoms with Gasteiger partial charge in [0.25, 0.3) is 5.56 Å². The summed E-state index contributed by atoms with van der Waals surface area (Å²) in [5, 5.41) is 7.28. The van der Waals surface area contributed by atoms with Crippen molar-refractivity contribution in [2.45, 2.75) is 25.9 Å². The zero-order chi connectivity index (χ0) is 14.7. The smallest absolute Gasteiger partial charge is 0.287 e. The predicted octanol–water partition coefficient (Wildman–Crippen LogP) is -0.430. The molecule has 1 aliphatic rings. The maximum Gasteiger partial charge on any atom is 0.287 e. The third-order valence-corrected chi connectivity index (χ3v) is 3.64. The fraction of sp³-hybridized carbons (Fsp3) is 0.583. The average molecular weight is 300 g/mol. The Kier molecular flexibility index (Phi) is 4.61. The number of anilines is 1. The third-order valence-electron chi connectivity index (χ3n) is 3.28. The highest BCUT2D eigenvalue weighted by atomic mass is 35.5.